The molecule has 2 bridgehead atoms. The molecule has 1 aromatic rings. The first kappa shape index (κ1) is 11.7. The fourth-order valence-electron chi connectivity index (χ4n) is 2.29. The molecule has 0 aliphatic carbocycles. The minimum atomic E-state index is -0.398. The van der Waals surface area contributed by atoms with E-state index in [1.54, 1.807) is 21.9 Å². The topological polar surface area (TPSA) is 90.7 Å². The molecule has 2 aliphatic heterocycles. The van der Waals surface area contributed by atoms with E-state index in [1.165, 1.54) is 13.1 Å². The first-order valence-corrected chi connectivity index (χ1v) is 5.85. The molecular formula is C11H13N5O3. The minimum Gasteiger partial charge on any atom is -0.324 e. The quantitative estimate of drug-likeness (QED) is 0.745. The molecule has 1 atom stereocenters. The zero-order valence-corrected chi connectivity index (χ0v) is 10.3. The molecule has 3 rings (SSSR count). The van der Waals surface area contributed by atoms with Crippen molar-refractivity contribution in [1.29, 1.82) is 0 Å². The Morgan fingerprint density at radius 1 is 1.58 bits per heavy atom. The largest absolute Gasteiger partial charge is 0.344 e. The summed E-state index contributed by atoms with van der Waals surface area (Å²) in [6.45, 7) is 2.29. The summed E-state index contributed by atoms with van der Waals surface area (Å²) in [5.41, 5.74) is 1.38. The Bertz CT molecular complexity index is 579. The molecule has 1 unspecified atom stereocenters. The normalized spacial score (nSPS) is 21.7. The smallest absolute Gasteiger partial charge is 0.324 e. The third kappa shape index (κ3) is 1.95. The van der Waals surface area contributed by atoms with Crippen molar-refractivity contribution < 1.29 is 14.8 Å². The van der Waals surface area contributed by atoms with Crippen molar-refractivity contribution in [3.8, 4) is 0 Å². The van der Waals surface area contributed by atoms with Gasteiger partial charge in [0.15, 0.2) is 0 Å². The number of nitrogens with zero attached hydrogens (tertiary/aromatic N) is 4. The highest BCUT2D eigenvalue weighted by Crippen LogP contribution is 2.25. The van der Waals surface area contributed by atoms with Gasteiger partial charge in [-0.2, -0.15) is 10.2 Å². The number of nitrogens with one attached hydrogen (secondary N) is 1. The van der Waals surface area contributed by atoms with Crippen molar-refractivity contribution in [3.05, 3.63) is 18.5 Å². The predicted octanol–water partition coefficient (Wildman–Crippen LogP) is 0.191. The van der Waals surface area contributed by atoms with Crippen LogP contribution in [0.4, 0.5) is 10.5 Å². The molecule has 0 aromatic carbocycles. The van der Waals surface area contributed by atoms with Gasteiger partial charge in [-0.1, -0.05) is 0 Å². The molecule has 19 heavy (non-hydrogen) atoms. The van der Waals surface area contributed by atoms with Gasteiger partial charge < -0.3 is 10.2 Å². The summed E-state index contributed by atoms with van der Waals surface area (Å²) in [6, 6.07) is -0.741. The maximum atomic E-state index is 11.6. The van der Waals surface area contributed by atoms with Crippen LogP contribution < -0.4 is 5.32 Å². The van der Waals surface area contributed by atoms with Crippen LogP contribution in [0.3, 0.4) is 0 Å². The van der Waals surface area contributed by atoms with E-state index in [1.807, 2.05) is 0 Å². The average molecular weight is 263 g/mol. The Hall–Kier alpha value is -2.35. The SMILES string of the molecule is CC(=O)Nc1cnn(C2=CC3CN(C2)C(=O)N3O)c1. The lowest BCUT2D eigenvalue weighted by Gasteiger charge is -2.20. The standard InChI is InChI=1S/C11H13N5O3/c1-7(17)13-8-3-12-15(4-8)9-2-10-6-14(5-9)11(18)16(10)19/h2-4,10,19H,5-6H2,1H3,(H,13,17). The summed E-state index contributed by atoms with van der Waals surface area (Å²) in [5.74, 6) is -0.169. The van der Waals surface area contributed by atoms with Gasteiger partial charge in [0.2, 0.25) is 5.91 Å². The molecule has 0 saturated carbocycles. The Labute approximate surface area is 108 Å². The monoisotopic (exact) mass is 263 g/mol. The van der Waals surface area contributed by atoms with Crippen LogP contribution in [-0.2, 0) is 4.79 Å². The zero-order chi connectivity index (χ0) is 13.6. The highest BCUT2D eigenvalue weighted by Gasteiger charge is 2.39. The number of carbonyl (C=O) groups is 2. The second kappa shape index (κ2) is 4.09. The van der Waals surface area contributed by atoms with E-state index < -0.39 is 6.03 Å². The van der Waals surface area contributed by atoms with E-state index in [0.717, 1.165) is 10.8 Å². The lowest BCUT2D eigenvalue weighted by molar-refractivity contribution is -0.114. The van der Waals surface area contributed by atoms with Crippen molar-refractivity contribution >= 4 is 23.3 Å². The van der Waals surface area contributed by atoms with Gasteiger partial charge >= 0.3 is 6.03 Å². The number of carbonyl (C=O) groups excluding carboxylic acids is 2. The molecular weight excluding hydrogens is 250 g/mol. The van der Waals surface area contributed by atoms with Crippen LogP contribution in [0.2, 0.25) is 0 Å². The summed E-state index contributed by atoms with van der Waals surface area (Å²) in [4.78, 5) is 24.1. The number of rotatable bonds is 2. The fraction of sp³-hybridized carbons (Fsp3) is 0.364. The zero-order valence-electron chi connectivity index (χ0n) is 10.3. The molecule has 2 aliphatic rings. The maximum Gasteiger partial charge on any atom is 0.344 e. The number of aromatic nitrogens is 2. The molecule has 8 nitrogen and oxygen atoms in total. The van der Waals surface area contributed by atoms with Crippen LogP contribution in [0.15, 0.2) is 18.5 Å². The van der Waals surface area contributed by atoms with Crippen molar-refractivity contribution in [3.63, 3.8) is 0 Å². The van der Waals surface area contributed by atoms with E-state index in [0.29, 0.717) is 18.8 Å². The molecule has 3 heterocycles. The third-order valence-corrected chi connectivity index (χ3v) is 3.12. The van der Waals surface area contributed by atoms with Gasteiger partial charge in [-0.15, -0.1) is 0 Å². The van der Waals surface area contributed by atoms with Crippen LogP contribution in [0.5, 0.6) is 0 Å². The maximum absolute atomic E-state index is 11.6. The highest BCUT2D eigenvalue weighted by molar-refractivity contribution is 5.88. The lowest BCUT2D eigenvalue weighted by Crippen LogP contribution is -2.31. The number of hydrogen-bond acceptors (Lipinski definition) is 4. The Kier molecular flexibility index (Phi) is 2.53. The minimum absolute atomic E-state index is 0.169. The van der Waals surface area contributed by atoms with E-state index in [2.05, 4.69) is 10.4 Å². The summed E-state index contributed by atoms with van der Waals surface area (Å²) >= 11 is 0. The number of urea groups is 1. The number of anilines is 1. The molecule has 1 saturated heterocycles. The summed E-state index contributed by atoms with van der Waals surface area (Å²) in [5, 5.41) is 17.1. The highest BCUT2D eigenvalue weighted by atomic mass is 16.5. The number of amides is 3. The average Bonchev–Trinajstić information content (AvgIpc) is 2.90. The van der Waals surface area contributed by atoms with Gasteiger partial charge in [0.25, 0.3) is 0 Å². The van der Waals surface area contributed by atoms with Crippen LogP contribution in [0.25, 0.3) is 5.70 Å². The van der Waals surface area contributed by atoms with Crippen molar-refractivity contribution in [2.45, 2.75) is 13.0 Å². The van der Waals surface area contributed by atoms with Crippen molar-refractivity contribution in [2.24, 2.45) is 0 Å². The van der Waals surface area contributed by atoms with Crippen molar-refractivity contribution in [2.75, 3.05) is 18.4 Å². The Morgan fingerprint density at radius 2 is 2.37 bits per heavy atom. The number of hydrogen-bond donors (Lipinski definition) is 2. The predicted molar refractivity (Wildman–Crippen MR) is 65.2 cm³/mol. The van der Waals surface area contributed by atoms with Gasteiger partial charge in [-0.05, 0) is 6.08 Å². The molecule has 1 aromatic heterocycles. The number of fused-ring (bicyclic) bond motifs is 2. The summed E-state index contributed by atoms with van der Waals surface area (Å²) in [6.07, 6.45) is 5.00. The van der Waals surface area contributed by atoms with Crippen LogP contribution in [0, 0.1) is 0 Å². The molecule has 8 heteroatoms. The molecule has 2 N–H and O–H groups in total. The van der Waals surface area contributed by atoms with E-state index in [9.17, 15) is 14.8 Å². The fourth-order valence-corrected chi connectivity index (χ4v) is 2.29. The van der Waals surface area contributed by atoms with Gasteiger partial charge in [0.05, 0.1) is 36.4 Å². The summed E-state index contributed by atoms with van der Waals surface area (Å²) in [7, 11) is 0. The lowest BCUT2D eigenvalue weighted by atomic mass is 10.2. The van der Waals surface area contributed by atoms with Crippen molar-refractivity contribution in [1.82, 2.24) is 19.7 Å². The van der Waals surface area contributed by atoms with Gasteiger partial charge in [0, 0.05) is 13.5 Å². The Morgan fingerprint density at radius 3 is 3.05 bits per heavy atom. The molecule has 0 radical (unpaired) electrons. The van der Waals surface area contributed by atoms with E-state index in [4.69, 9.17) is 0 Å². The van der Waals surface area contributed by atoms with Gasteiger partial charge in [-0.3, -0.25) is 10.0 Å². The molecule has 1 fully saturated rings. The number of hydroxylamine groups is 2. The third-order valence-electron chi connectivity index (χ3n) is 3.12. The Balaban J connectivity index is 1.84. The molecule has 0 spiro atoms. The summed E-state index contributed by atoms with van der Waals surface area (Å²) < 4.78 is 1.59. The van der Waals surface area contributed by atoms with Crippen LogP contribution >= 0.6 is 0 Å². The first-order chi connectivity index (χ1) is 9.04. The van der Waals surface area contributed by atoms with Gasteiger partial charge in [0.1, 0.15) is 0 Å². The molecule has 100 valence electrons. The first-order valence-electron chi connectivity index (χ1n) is 5.85. The second-order valence-corrected chi connectivity index (χ2v) is 4.59. The second-order valence-electron chi connectivity index (χ2n) is 4.59. The van der Waals surface area contributed by atoms with Crippen LogP contribution in [-0.4, -0.2) is 56.0 Å². The van der Waals surface area contributed by atoms with Crippen LogP contribution in [0.1, 0.15) is 6.92 Å². The molecule has 3 amide bonds. The van der Waals surface area contributed by atoms with E-state index in [-0.39, 0.29) is 11.9 Å². The van der Waals surface area contributed by atoms with E-state index >= 15 is 0 Å². The van der Waals surface area contributed by atoms with Gasteiger partial charge in [-0.25, -0.2) is 9.48 Å².